The zero-order valence-electron chi connectivity index (χ0n) is 9.64. The van der Waals surface area contributed by atoms with Crippen LogP contribution in [0.4, 0.5) is 0 Å². The Bertz CT molecular complexity index is 146. The molecule has 0 rings (SSSR count). The third kappa shape index (κ3) is 9.52. The van der Waals surface area contributed by atoms with Gasteiger partial charge in [-0.15, -0.1) is 0 Å². The first kappa shape index (κ1) is 13.4. The van der Waals surface area contributed by atoms with E-state index in [1.54, 1.807) is 0 Å². The van der Waals surface area contributed by atoms with E-state index in [0.717, 1.165) is 13.0 Å². The van der Waals surface area contributed by atoms with Crippen LogP contribution in [0.3, 0.4) is 0 Å². The Kier molecular flexibility index (Phi) is 8.64. The van der Waals surface area contributed by atoms with E-state index in [9.17, 15) is 4.79 Å². The number of unbranched alkanes of at least 4 members (excludes halogenated alkanes) is 3. The Morgan fingerprint density at radius 1 is 1.29 bits per heavy atom. The van der Waals surface area contributed by atoms with Crippen molar-refractivity contribution < 1.29 is 9.53 Å². The molecule has 0 aromatic rings. The predicted octanol–water partition coefficient (Wildman–Crippen LogP) is 2.11. The number of nitrogens with one attached hydrogen (secondary N) is 1. The van der Waals surface area contributed by atoms with E-state index < -0.39 is 0 Å². The van der Waals surface area contributed by atoms with E-state index in [4.69, 9.17) is 4.74 Å². The SMILES string of the molecule is CCCCCCNC(=O)COC(C)C. The highest BCUT2D eigenvalue weighted by molar-refractivity contribution is 5.77. The minimum atomic E-state index is -0.00445. The molecule has 0 unspecified atom stereocenters. The van der Waals surface area contributed by atoms with Gasteiger partial charge in [-0.25, -0.2) is 0 Å². The molecule has 0 heterocycles. The summed E-state index contributed by atoms with van der Waals surface area (Å²) in [6.07, 6.45) is 4.87. The topological polar surface area (TPSA) is 38.3 Å². The van der Waals surface area contributed by atoms with E-state index in [-0.39, 0.29) is 18.6 Å². The van der Waals surface area contributed by atoms with Crippen molar-refractivity contribution in [3.63, 3.8) is 0 Å². The second kappa shape index (κ2) is 9.00. The fourth-order valence-corrected chi connectivity index (χ4v) is 1.07. The molecule has 0 saturated carbocycles. The van der Waals surface area contributed by atoms with Crippen LogP contribution < -0.4 is 5.32 Å². The molecule has 0 aliphatic carbocycles. The normalized spacial score (nSPS) is 10.6. The smallest absolute Gasteiger partial charge is 0.246 e. The maximum atomic E-state index is 11.1. The number of ether oxygens (including phenoxy) is 1. The summed E-state index contributed by atoms with van der Waals surface area (Å²) in [5, 5.41) is 2.83. The van der Waals surface area contributed by atoms with Crippen LogP contribution in [-0.4, -0.2) is 25.2 Å². The first-order chi connectivity index (χ1) is 6.66. The Labute approximate surface area is 87.2 Å². The highest BCUT2D eigenvalue weighted by Crippen LogP contribution is 1.96. The molecule has 14 heavy (non-hydrogen) atoms. The molecule has 3 nitrogen and oxygen atoms in total. The number of hydrogen-bond donors (Lipinski definition) is 1. The molecular weight excluding hydrogens is 178 g/mol. The molecule has 0 aromatic heterocycles. The second-order valence-electron chi connectivity index (χ2n) is 3.77. The lowest BCUT2D eigenvalue weighted by Crippen LogP contribution is -2.29. The van der Waals surface area contributed by atoms with Crippen molar-refractivity contribution in [2.24, 2.45) is 0 Å². The molecule has 1 amide bonds. The van der Waals surface area contributed by atoms with Crippen LogP contribution >= 0.6 is 0 Å². The minimum Gasteiger partial charge on any atom is -0.369 e. The number of amides is 1. The van der Waals surface area contributed by atoms with Gasteiger partial charge in [0.15, 0.2) is 0 Å². The van der Waals surface area contributed by atoms with E-state index in [2.05, 4.69) is 12.2 Å². The average Bonchev–Trinajstić information content (AvgIpc) is 2.14. The Morgan fingerprint density at radius 3 is 2.57 bits per heavy atom. The molecule has 0 aliphatic rings. The zero-order chi connectivity index (χ0) is 10.8. The molecule has 0 aromatic carbocycles. The maximum absolute atomic E-state index is 11.1. The first-order valence-electron chi connectivity index (χ1n) is 5.55. The fourth-order valence-electron chi connectivity index (χ4n) is 1.07. The molecular formula is C11H23NO2. The van der Waals surface area contributed by atoms with Gasteiger partial charge in [0.1, 0.15) is 6.61 Å². The summed E-state index contributed by atoms with van der Waals surface area (Å²) in [4.78, 5) is 11.1. The molecule has 84 valence electrons. The van der Waals surface area contributed by atoms with Gasteiger partial charge in [-0.05, 0) is 20.3 Å². The Hall–Kier alpha value is -0.570. The average molecular weight is 201 g/mol. The van der Waals surface area contributed by atoms with Gasteiger partial charge in [-0.2, -0.15) is 0 Å². The van der Waals surface area contributed by atoms with E-state index in [1.165, 1.54) is 19.3 Å². The monoisotopic (exact) mass is 201 g/mol. The van der Waals surface area contributed by atoms with Crippen molar-refractivity contribution in [1.82, 2.24) is 5.32 Å². The van der Waals surface area contributed by atoms with Crippen LogP contribution in [-0.2, 0) is 9.53 Å². The third-order valence-corrected chi connectivity index (χ3v) is 1.90. The number of carbonyl (C=O) groups is 1. The molecule has 0 aliphatic heterocycles. The summed E-state index contributed by atoms with van der Waals surface area (Å²) in [6.45, 7) is 6.99. The van der Waals surface area contributed by atoms with Crippen LogP contribution in [0.1, 0.15) is 46.5 Å². The van der Waals surface area contributed by atoms with Crippen molar-refractivity contribution in [3.05, 3.63) is 0 Å². The summed E-state index contributed by atoms with van der Waals surface area (Å²) in [5.41, 5.74) is 0. The zero-order valence-corrected chi connectivity index (χ0v) is 9.64. The van der Waals surface area contributed by atoms with Crippen LogP contribution in [0.5, 0.6) is 0 Å². The maximum Gasteiger partial charge on any atom is 0.246 e. The van der Waals surface area contributed by atoms with Crippen molar-refractivity contribution >= 4 is 5.91 Å². The Morgan fingerprint density at radius 2 is 2.00 bits per heavy atom. The van der Waals surface area contributed by atoms with Crippen LogP contribution in [0.25, 0.3) is 0 Å². The van der Waals surface area contributed by atoms with Crippen LogP contribution in [0, 0.1) is 0 Å². The molecule has 0 radical (unpaired) electrons. The predicted molar refractivity (Wildman–Crippen MR) is 58.2 cm³/mol. The molecule has 0 fully saturated rings. The molecule has 1 N–H and O–H groups in total. The van der Waals surface area contributed by atoms with Gasteiger partial charge in [-0.3, -0.25) is 4.79 Å². The van der Waals surface area contributed by atoms with Crippen LogP contribution in [0.15, 0.2) is 0 Å². The van der Waals surface area contributed by atoms with Gasteiger partial charge < -0.3 is 10.1 Å². The Balaban J connectivity index is 3.18. The van der Waals surface area contributed by atoms with Crippen LogP contribution in [0.2, 0.25) is 0 Å². The van der Waals surface area contributed by atoms with Gasteiger partial charge in [0.05, 0.1) is 6.10 Å². The van der Waals surface area contributed by atoms with Gasteiger partial charge in [0, 0.05) is 6.54 Å². The summed E-state index contributed by atoms with van der Waals surface area (Å²) >= 11 is 0. The lowest BCUT2D eigenvalue weighted by Gasteiger charge is -2.07. The number of carbonyl (C=O) groups excluding carboxylic acids is 1. The molecule has 3 heteroatoms. The number of hydrogen-bond acceptors (Lipinski definition) is 2. The van der Waals surface area contributed by atoms with Gasteiger partial charge in [-0.1, -0.05) is 26.2 Å². The van der Waals surface area contributed by atoms with Crippen molar-refractivity contribution in [2.45, 2.75) is 52.6 Å². The standard InChI is InChI=1S/C11H23NO2/c1-4-5-6-7-8-12-11(13)9-14-10(2)3/h10H,4-9H2,1-3H3,(H,12,13). The molecule has 0 spiro atoms. The van der Waals surface area contributed by atoms with Gasteiger partial charge >= 0.3 is 0 Å². The van der Waals surface area contributed by atoms with Gasteiger partial charge in [0.25, 0.3) is 0 Å². The molecule has 0 saturated heterocycles. The fraction of sp³-hybridized carbons (Fsp3) is 0.909. The summed E-state index contributed by atoms with van der Waals surface area (Å²) < 4.78 is 5.17. The van der Waals surface area contributed by atoms with Gasteiger partial charge in [0.2, 0.25) is 5.91 Å². The lowest BCUT2D eigenvalue weighted by molar-refractivity contribution is -0.127. The number of rotatable bonds is 8. The largest absolute Gasteiger partial charge is 0.369 e. The molecule has 0 atom stereocenters. The minimum absolute atomic E-state index is 0.00445. The summed E-state index contributed by atoms with van der Waals surface area (Å²) in [6, 6.07) is 0. The first-order valence-corrected chi connectivity index (χ1v) is 5.55. The third-order valence-electron chi connectivity index (χ3n) is 1.90. The highest BCUT2D eigenvalue weighted by atomic mass is 16.5. The quantitative estimate of drug-likeness (QED) is 0.611. The molecule has 0 bridgehead atoms. The van der Waals surface area contributed by atoms with Crippen molar-refractivity contribution in [2.75, 3.05) is 13.2 Å². The van der Waals surface area contributed by atoms with E-state index in [0.29, 0.717) is 0 Å². The summed E-state index contributed by atoms with van der Waals surface area (Å²) in [5.74, 6) is -0.00445. The van der Waals surface area contributed by atoms with E-state index in [1.807, 2.05) is 13.8 Å². The highest BCUT2D eigenvalue weighted by Gasteiger charge is 2.01. The summed E-state index contributed by atoms with van der Waals surface area (Å²) in [7, 11) is 0. The lowest BCUT2D eigenvalue weighted by atomic mass is 10.2. The van der Waals surface area contributed by atoms with Crippen molar-refractivity contribution in [3.8, 4) is 0 Å². The van der Waals surface area contributed by atoms with E-state index >= 15 is 0 Å². The second-order valence-corrected chi connectivity index (χ2v) is 3.77. The van der Waals surface area contributed by atoms with Crippen molar-refractivity contribution in [1.29, 1.82) is 0 Å².